The molecule has 106 valence electrons. The van der Waals surface area contributed by atoms with Crippen molar-refractivity contribution in [3.63, 3.8) is 0 Å². The maximum Gasteiger partial charge on any atom is 0.228 e. The van der Waals surface area contributed by atoms with Crippen LogP contribution in [0.4, 0.5) is 18.9 Å². The largest absolute Gasteiger partial charge is 0.323 e. The van der Waals surface area contributed by atoms with E-state index in [1.165, 1.54) is 0 Å². The highest BCUT2D eigenvalue weighted by atomic mass is 35.5. The average Bonchev–Trinajstić information content (AvgIpc) is 2.37. The Balaban J connectivity index is 0.00000180. The van der Waals surface area contributed by atoms with Crippen LogP contribution in [0, 0.1) is 23.4 Å². The second kappa shape index (κ2) is 6.77. The molecule has 1 amide bonds. The third kappa shape index (κ3) is 3.84. The Morgan fingerprint density at radius 1 is 1.21 bits per heavy atom. The minimum absolute atomic E-state index is 0. The Morgan fingerprint density at radius 3 is 2.53 bits per heavy atom. The summed E-state index contributed by atoms with van der Waals surface area (Å²) in [6.45, 7) is 1.36. The van der Waals surface area contributed by atoms with Crippen molar-refractivity contribution in [3.05, 3.63) is 29.6 Å². The molecule has 1 aliphatic heterocycles. The van der Waals surface area contributed by atoms with E-state index < -0.39 is 17.5 Å². The minimum atomic E-state index is -1.27. The number of nitrogens with one attached hydrogen (secondary N) is 2. The highest BCUT2D eigenvalue weighted by Crippen LogP contribution is 2.20. The number of carbonyl (C=O) groups is 1. The van der Waals surface area contributed by atoms with E-state index in [9.17, 15) is 18.0 Å². The van der Waals surface area contributed by atoms with Crippen LogP contribution in [-0.4, -0.2) is 19.0 Å². The van der Waals surface area contributed by atoms with E-state index in [-0.39, 0.29) is 29.9 Å². The quantitative estimate of drug-likeness (QED) is 0.823. The van der Waals surface area contributed by atoms with Gasteiger partial charge in [0, 0.05) is 18.7 Å². The number of amides is 1. The number of rotatable bonds is 2. The maximum atomic E-state index is 13.3. The van der Waals surface area contributed by atoms with Crippen molar-refractivity contribution in [1.82, 2.24) is 5.32 Å². The molecule has 2 N–H and O–H groups in total. The molecule has 0 aliphatic carbocycles. The number of anilines is 1. The van der Waals surface area contributed by atoms with Gasteiger partial charge >= 0.3 is 0 Å². The second-order valence-electron chi connectivity index (χ2n) is 4.28. The van der Waals surface area contributed by atoms with Gasteiger partial charge in [-0.15, -0.1) is 12.4 Å². The summed E-state index contributed by atoms with van der Waals surface area (Å²) < 4.78 is 39.0. The first-order valence-electron chi connectivity index (χ1n) is 5.74. The van der Waals surface area contributed by atoms with E-state index in [2.05, 4.69) is 10.6 Å². The van der Waals surface area contributed by atoms with E-state index in [0.29, 0.717) is 25.1 Å². The molecule has 1 fully saturated rings. The van der Waals surface area contributed by atoms with Crippen LogP contribution in [0.15, 0.2) is 12.1 Å². The third-order valence-corrected chi connectivity index (χ3v) is 2.94. The van der Waals surface area contributed by atoms with E-state index in [0.717, 1.165) is 13.0 Å². The fourth-order valence-corrected chi connectivity index (χ4v) is 1.93. The summed E-state index contributed by atoms with van der Waals surface area (Å²) in [5.74, 6) is -4.09. The normalized spacial score (nSPS) is 18.6. The lowest BCUT2D eigenvalue weighted by molar-refractivity contribution is -0.120. The number of halogens is 4. The van der Waals surface area contributed by atoms with Gasteiger partial charge in [0.1, 0.15) is 5.82 Å². The smallest absolute Gasteiger partial charge is 0.228 e. The lowest BCUT2D eigenvalue weighted by Crippen LogP contribution is -2.37. The first-order chi connectivity index (χ1) is 8.58. The molecule has 1 heterocycles. The summed E-state index contributed by atoms with van der Waals surface area (Å²) in [5.41, 5.74) is -0.329. The summed E-state index contributed by atoms with van der Waals surface area (Å²) >= 11 is 0. The van der Waals surface area contributed by atoms with Crippen molar-refractivity contribution >= 4 is 24.0 Å². The second-order valence-corrected chi connectivity index (χ2v) is 4.28. The van der Waals surface area contributed by atoms with Gasteiger partial charge in [-0.1, -0.05) is 0 Å². The lowest BCUT2D eigenvalue weighted by atomic mass is 9.99. The standard InChI is InChI=1S/C12H13F3N2O.ClH/c13-8-4-10(15)11(5-9(8)14)17-12(18)7-2-1-3-16-6-7;/h4-5,7,16H,1-3,6H2,(H,17,18);1H. The molecule has 0 aromatic heterocycles. The van der Waals surface area contributed by atoms with Gasteiger partial charge in [-0.25, -0.2) is 13.2 Å². The van der Waals surface area contributed by atoms with E-state index in [4.69, 9.17) is 0 Å². The number of benzene rings is 1. The van der Waals surface area contributed by atoms with Gasteiger partial charge in [0.15, 0.2) is 11.6 Å². The van der Waals surface area contributed by atoms with Crippen molar-refractivity contribution in [2.75, 3.05) is 18.4 Å². The molecule has 2 rings (SSSR count). The predicted octanol–water partition coefficient (Wildman–Crippen LogP) is 2.46. The monoisotopic (exact) mass is 294 g/mol. The predicted molar refractivity (Wildman–Crippen MR) is 67.8 cm³/mol. The van der Waals surface area contributed by atoms with Gasteiger partial charge in [-0.2, -0.15) is 0 Å². The van der Waals surface area contributed by atoms with Crippen molar-refractivity contribution < 1.29 is 18.0 Å². The summed E-state index contributed by atoms with van der Waals surface area (Å²) in [4.78, 5) is 11.8. The Kier molecular flexibility index (Phi) is 5.62. The molecule has 0 spiro atoms. The summed E-state index contributed by atoms with van der Waals surface area (Å²) in [5, 5.41) is 5.34. The highest BCUT2D eigenvalue weighted by Gasteiger charge is 2.22. The van der Waals surface area contributed by atoms with E-state index >= 15 is 0 Å². The number of piperidine rings is 1. The van der Waals surface area contributed by atoms with Gasteiger partial charge in [-0.05, 0) is 19.4 Å². The van der Waals surface area contributed by atoms with Crippen molar-refractivity contribution in [1.29, 1.82) is 0 Å². The maximum absolute atomic E-state index is 13.3. The molecule has 1 aromatic carbocycles. The van der Waals surface area contributed by atoms with Gasteiger partial charge in [-0.3, -0.25) is 4.79 Å². The van der Waals surface area contributed by atoms with Crippen molar-refractivity contribution in [3.8, 4) is 0 Å². The van der Waals surface area contributed by atoms with Crippen molar-refractivity contribution in [2.24, 2.45) is 5.92 Å². The van der Waals surface area contributed by atoms with Crippen molar-refractivity contribution in [2.45, 2.75) is 12.8 Å². The Bertz CT molecular complexity index is 465. The molecular formula is C12H14ClF3N2O. The zero-order chi connectivity index (χ0) is 13.1. The van der Waals surface area contributed by atoms with Gasteiger partial charge in [0.25, 0.3) is 0 Å². The molecule has 0 bridgehead atoms. The Labute approximate surface area is 115 Å². The first-order valence-corrected chi connectivity index (χ1v) is 5.74. The Morgan fingerprint density at radius 2 is 1.89 bits per heavy atom. The van der Waals surface area contributed by atoms with Crippen LogP contribution >= 0.6 is 12.4 Å². The molecule has 1 atom stereocenters. The minimum Gasteiger partial charge on any atom is -0.323 e. The molecule has 19 heavy (non-hydrogen) atoms. The zero-order valence-electron chi connectivity index (χ0n) is 10.0. The SMILES string of the molecule is Cl.O=C(Nc1cc(F)c(F)cc1F)C1CCCNC1. The Hall–Kier alpha value is -1.27. The number of carbonyl (C=O) groups excluding carboxylic acids is 1. The van der Waals surface area contributed by atoms with Crippen LogP contribution in [0.25, 0.3) is 0 Å². The van der Waals surface area contributed by atoms with Crippen LogP contribution < -0.4 is 10.6 Å². The first kappa shape index (κ1) is 15.8. The molecule has 1 saturated heterocycles. The molecule has 1 aromatic rings. The molecule has 0 saturated carbocycles. The van der Waals surface area contributed by atoms with Crippen LogP contribution in [0.1, 0.15) is 12.8 Å². The van der Waals surface area contributed by atoms with Crippen LogP contribution in [-0.2, 0) is 4.79 Å². The fraction of sp³-hybridized carbons (Fsp3) is 0.417. The van der Waals surface area contributed by atoms with Crippen LogP contribution in [0.3, 0.4) is 0 Å². The van der Waals surface area contributed by atoms with Gasteiger partial charge < -0.3 is 10.6 Å². The molecule has 3 nitrogen and oxygen atoms in total. The molecule has 7 heteroatoms. The topological polar surface area (TPSA) is 41.1 Å². The third-order valence-electron chi connectivity index (χ3n) is 2.94. The average molecular weight is 295 g/mol. The summed E-state index contributed by atoms with van der Waals surface area (Å²) in [6, 6.07) is 1.07. The van der Waals surface area contributed by atoms with Crippen LogP contribution in [0.5, 0.6) is 0 Å². The molecule has 1 aliphatic rings. The highest BCUT2D eigenvalue weighted by molar-refractivity contribution is 5.92. The summed E-state index contributed by atoms with van der Waals surface area (Å²) in [6.07, 6.45) is 1.56. The number of hydrogen-bond acceptors (Lipinski definition) is 2. The van der Waals surface area contributed by atoms with Gasteiger partial charge in [0.05, 0.1) is 11.6 Å². The number of hydrogen-bond donors (Lipinski definition) is 2. The molecule has 0 radical (unpaired) electrons. The van der Waals surface area contributed by atoms with E-state index in [1.807, 2.05) is 0 Å². The zero-order valence-corrected chi connectivity index (χ0v) is 10.8. The van der Waals surface area contributed by atoms with Gasteiger partial charge in [0.2, 0.25) is 5.91 Å². The molecular weight excluding hydrogens is 281 g/mol. The van der Waals surface area contributed by atoms with Crippen LogP contribution in [0.2, 0.25) is 0 Å². The lowest BCUT2D eigenvalue weighted by Gasteiger charge is -2.22. The fourth-order valence-electron chi connectivity index (χ4n) is 1.93. The summed E-state index contributed by atoms with van der Waals surface area (Å²) in [7, 11) is 0. The molecule has 1 unspecified atom stereocenters. The van der Waals surface area contributed by atoms with E-state index in [1.54, 1.807) is 0 Å².